The highest BCUT2D eigenvalue weighted by Gasteiger charge is 2.12. The van der Waals surface area contributed by atoms with Gasteiger partial charge in [-0.3, -0.25) is 5.10 Å². The van der Waals surface area contributed by atoms with Crippen LogP contribution in [0.4, 0.5) is 4.39 Å². The predicted molar refractivity (Wildman–Crippen MR) is 91.2 cm³/mol. The molecule has 120 valence electrons. The SMILES string of the molecule is Fc1ccccc1-c1nc(SCc2coc(-c3cccs3)n2)n[nH]1. The van der Waals surface area contributed by atoms with Gasteiger partial charge < -0.3 is 4.42 Å². The van der Waals surface area contributed by atoms with Crippen molar-refractivity contribution >= 4 is 23.1 Å². The minimum Gasteiger partial charge on any atom is -0.444 e. The molecule has 24 heavy (non-hydrogen) atoms. The third-order valence-electron chi connectivity index (χ3n) is 3.23. The van der Waals surface area contributed by atoms with E-state index in [9.17, 15) is 4.39 Å². The predicted octanol–water partition coefficient (Wildman–Crippen LogP) is 4.62. The Kier molecular flexibility index (Phi) is 4.14. The van der Waals surface area contributed by atoms with Crippen LogP contribution in [0.2, 0.25) is 0 Å². The molecule has 8 heteroatoms. The third-order valence-corrected chi connectivity index (χ3v) is 4.97. The van der Waals surface area contributed by atoms with Gasteiger partial charge in [-0.25, -0.2) is 14.4 Å². The molecule has 0 bridgehead atoms. The fourth-order valence-electron chi connectivity index (χ4n) is 2.11. The lowest BCUT2D eigenvalue weighted by atomic mass is 10.2. The van der Waals surface area contributed by atoms with E-state index in [0.29, 0.717) is 28.2 Å². The van der Waals surface area contributed by atoms with Crippen molar-refractivity contribution in [3.8, 4) is 22.2 Å². The highest BCUT2D eigenvalue weighted by Crippen LogP contribution is 2.27. The number of rotatable bonds is 5. The largest absolute Gasteiger partial charge is 0.444 e. The average molecular weight is 358 g/mol. The molecule has 0 atom stereocenters. The molecule has 0 fully saturated rings. The van der Waals surface area contributed by atoms with Gasteiger partial charge in [-0.1, -0.05) is 30.0 Å². The summed E-state index contributed by atoms with van der Waals surface area (Å²) >= 11 is 2.99. The summed E-state index contributed by atoms with van der Waals surface area (Å²) in [5, 5.41) is 9.39. The summed E-state index contributed by atoms with van der Waals surface area (Å²) in [6.07, 6.45) is 1.63. The fourth-order valence-corrected chi connectivity index (χ4v) is 3.44. The first kappa shape index (κ1) is 15.1. The highest BCUT2D eigenvalue weighted by atomic mass is 32.2. The molecule has 5 nitrogen and oxygen atoms in total. The molecule has 0 aliphatic carbocycles. The van der Waals surface area contributed by atoms with Gasteiger partial charge >= 0.3 is 0 Å². The Bertz CT molecular complexity index is 949. The minimum atomic E-state index is -0.331. The molecule has 0 unspecified atom stereocenters. The molecule has 0 radical (unpaired) electrons. The lowest BCUT2D eigenvalue weighted by Gasteiger charge is -1.96. The Morgan fingerprint density at radius 3 is 2.92 bits per heavy atom. The van der Waals surface area contributed by atoms with Gasteiger partial charge in [0.1, 0.15) is 12.1 Å². The van der Waals surface area contributed by atoms with Gasteiger partial charge in [0.2, 0.25) is 11.0 Å². The van der Waals surface area contributed by atoms with Crippen LogP contribution in [-0.4, -0.2) is 20.2 Å². The average Bonchev–Trinajstić information content (AvgIpc) is 3.34. The van der Waals surface area contributed by atoms with Crippen molar-refractivity contribution in [2.75, 3.05) is 0 Å². The molecule has 4 aromatic rings. The number of hydrogen-bond acceptors (Lipinski definition) is 6. The maximum Gasteiger partial charge on any atom is 0.236 e. The molecule has 3 aromatic heterocycles. The molecule has 0 aliphatic rings. The van der Waals surface area contributed by atoms with Crippen LogP contribution in [0.3, 0.4) is 0 Å². The number of aromatic nitrogens is 4. The number of nitrogens with one attached hydrogen (secondary N) is 1. The zero-order valence-electron chi connectivity index (χ0n) is 12.3. The Labute approximate surface area is 145 Å². The molecular weight excluding hydrogens is 347 g/mol. The summed E-state index contributed by atoms with van der Waals surface area (Å²) in [5.41, 5.74) is 1.21. The maximum absolute atomic E-state index is 13.8. The minimum absolute atomic E-state index is 0.331. The number of oxazole rings is 1. The van der Waals surface area contributed by atoms with Crippen LogP contribution in [-0.2, 0) is 5.75 Å². The van der Waals surface area contributed by atoms with Crippen LogP contribution in [0, 0.1) is 5.82 Å². The Balaban J connectivity index is 1.45. The zero-order valence-corrected chi connectivity index (χ0v) is 13.9. The second-order valence-electron chi connectivity index (χ2n) is 4.86. The fraction of sp³-hybridized carbons (Fsp3) is 0.0625. The van der Waals surface area contributed by atoms with Crippen LogP contribution in [0.25, 0.3) is 22.2 Å². The summed E-state index contributed by atoms with van der Waals surface area (Å²) in [6, 6.07) is 10.4. The van der Waals surface area contributed by atoms with Crippen molar-refractivity contribution in [2.45, 2.75) is 10.9 Å². The summed E-state index contributed by atoms with van der Waals surface area (Å²) in [6.45, 7) is 0. The van der Waals surface area contributed by atoms with E-state index >= 15 is 0 Å². The summed E-state index contributed by atoms with van der Waals surface area (Å²) in [5.74, 6) is 1.27. The maximum atomic E-state index is 13.8. The van der Waals surface area contributed by atoms with Gasteiger partial charge in [0.25, 0.3) is 0 Å². The van der Waals surface area contributed by atoms with E-state index in [1.165, 1.54) is 17.8 Å². The second-order valence-corrected chi connectivity index (χ2v) is 6.75. The molecule has 3 heterocycles. The van der Waals surface area contributed by atoms with Crippen LogP contribution in [0.5, 0.6) is 0 Å². The van der Waals surface area contributed by atoms with Gasteiger partial charge in [-0.2, -0.15) is 0 Å². The van der Waals surface area contributed by atoms with Gasteiger partial charge in [-0.05, 0) is 23.6 Å². The number of hydrogen-bond donors (Lipinski definition) is 1. The molecule has 1 aromatic carbocycles. The van der Waals surface area contributed by atoms with E-state index in [4.69, 9.17) is 4.42 Å². The quantitative estimate of drug-likeness (QED) is 0.527. The van der Waals surface area contributed by atoms with E-state index < -0.39 is 0 Å². The van der Waals surface area contributed by atoms with Crippen molar-refractivity contribution in [1.82, 2.24) is 20.2 Å². The lowest BCUT2D eigenvalue weighted by molar-refractivity contribution is 0.575. The molecule has 0 saturated heterocycles. The number of nitrogens with zero attached hydrogens (tertiary/aromatic N) is 3. The van der Waals surface area contributed by atoms with Gasteiger partial charge in [0.15, 0.2) is 5.82 Å². The first-order valence-electron chi connectivity index (χ1n) is 7.08. The van der Waals surface area contributed by atoms with Gasteiger partial charge in [0, 0.05) is 5.75 Å². The molecule has 4 rings (SSSR count). The molecule has 0 amide bonds. The Morgan fingerprint density at radius 1 is 1.17 bits per heavy atom. The van der Waals surface area contributed by atoms with Crippen LogP contribution >= 0.6 is 23.1 Å². The Hall–Kier alpha value is -2.45. The Morgan fingerprint density at radius 2 is 2.08 bits per heavy atom. The first-order valence-corrected chi connectivity index (χ1v) is 8.94. The summed E-state index contributed by atoms with van der Waals surface area (Å²) < 4.78 is 19.2. The van der Waals surface area contributed by atoms with E-state index in [1.54, 1.807) is 35.8 Å². The standard InChI is InChI=1S/C16H11FN4OS2/c17-12-5-2-1-4-11(12)14-19-16(21-20-14)24-9-10-8-22-15(18-10)13-6-3-7-23-13/h1-8H,9H2,(H,19,20,21). The van der Waals surface area contributed by atoms with Crippen molar-refractivity contribution in [3.05, 3.63) is 59.6 Å². The zero-order chi connectivity index (χ0) is 16.4. The highest BCUT2D eigenvalue weighted by molar-refractivity contribution is 7.98. The van der Waals surface area contributed by atoms with E-state index in [-0.39, 0.29) is 5.82 Å². The monoisotopic (exact) mass is 358 g/mol. The number of halogens is 1. The molecule has 0 aliphatic heterocycles. The van der Waals surface area contributed by atoms with Gasteiger partial charge in [0.05, 0.1) is 16.1 Å². The lowest BCUT2D eigenvalue weighted by Crippen LogP contribution is -1.85. The number of benzene rings is 1. The summed E-state index contributed by atoms with van der Waals surface area (Å²) in [7, 11) is 0. The number of thioether (sulfide) groups is 1. The van der Waals surface area contributed by atoms with Crippen LogP contribution in [0.15, 0.2) is 57.6 Å². The molecular formula is C16H11FN4OS2. The van der Waals surface area contributed by atoms with E-state index in [1.807, 2.05) is 17.5 Å². The van der Waals surface area contributed by atoms with Crippen molar-refractivity contribution in [2.24, 2.45) is 0 Å². The van der Waals surface area contributed by atoms with Crippen LogP contribution < -0.4 is 0 Å². The van der Waals surface area contributed by atoms with Crippen molar-refractivity contribution in [3.63, 3.8) is 0 Å². The van der Waals surface area contributed by atoms with Crippen molar-refractivity contribution < 1.29 is 8.81 Å². The smallest absolute Gasteiger partial charge is 0.236 e. The van der Waals surface area contributed by atoms with Crippen molar-refractivity contribution in [1.29, 1.82) is 0 Å². The molecule has 0 spiro atoms. The second kappa shape index (κ2) is 6.58. The van der Waals surface area contributed by atoms with E-state index in [2.05, 4.69) is 20.2 Å². The number of thiophene rings is 1. The normalized spacial score (nSPS) is 11.0. The molecule has 1 N–H and O–H groups in total. The summed E-state index contributed by atoms with van der Waals surface area (Å²) in [4.78, 5) is 9.75. The van der Waals surface area contributed by atoms with Crippen LogP contribution in [0.1, 0.15) is 5.69 Å². The number of aromatic amines is 1. The number of H-pyrrole nitrogens is 1. The van der Waals surface area contributed by atoms with E-state index in [0.717, 1.165) is 10.6 Å². The molecule has 0 saturated carbocycles. The topological polar surface area (TPSA) is 67.6 Å². The van der Waals surface area contributed by atoms with Gasteiger partial charge in [-0.15, -0.1) is 16.4 Å². The first-order chi connectivity index (χ1) is 11.8. The third kappa shape index (κ3) is 3.10.